The van der Waals surface area contributed by atoms with Gasteiger partial charge in [0.1, 0.15) is 17.1 Å². The highest BCUT2D eigenvalue weighted by Crippen LogP contribution is 2.51. The number of fused-ring (bicyclic) bond motifs is 1. The van der Waals surface area contributed by atoms with E-state index in [2.05, 4.69) is 5.32 Å². The maximum atomic E-state index is 12.4. The van der Waals surface area contributed by atoms with E-state index < -0.39 is 41.0 Å². The molecule has 7 N–H and O–H groups in total. The number of phenols is 1. The maximum Gasteiger partial charge on any atom is 0.255 e. The summed E-state index contributed by atoms with van der Waals surface area (Å²) in [5.41, 5.74) is 6.34. The molecule has 204 valence electrons. The number of carbonyl (C=O) groups is 3. The number of ketones is 1. The number of aliphatic hydroxyl groups excluding tert-OH is 3. The van der Waals surface area contributed by atoms with Gasteiger partial charge in [0.25, 0.3) is 5.91 Å². The molecule has 0 radical (unpaired) electrons. The van der Waals surface area contributed by atoms with Crippen LogP contribution < -0.4 is 16.0 Å². The van der Waals surface area contributed by atoms with Crippen LogP contribution in [0, 0.1) is 23.7 Å². The fraction of sp³-hybridized carbons (Fsp3) is 0.577. The highest BCUT2D eigenvalue weighted by molar-refractivity contribution is 6.19. The number of rotatable bonds is 5. The first-order chi connectivity index (χ1) is 17.0. The van der Waals surface area contributed by atoms with Gasteiger partial charge < -0.3 is 36.4 Å². The number of nitrogens with one attached hydrogen (secondary N) is 1. The largest absolute Gasteiger partial charge is 0.511 e. The van der Waals surface area contributed by atoms with Crippen LogP contribution in [0.15, 0.2) is 23.5 Å². The summed E-state index contributed by atoms with van der Waals surface area (Å²) in [7, 11) is 8.38. The second-order valence-electron chi connectivity index (χ2n) is 8.67. The van der Waals surface area contributed by atoms with E-state index in [-0.39, 0.29) is 29.6 Å². The third-order valence-electron chi connectivity index (χ3n) is 6.46. The number of aldehydes is 1. The van der Waals surface area contributed by atoms with Gasteiger partial charge >= 0.3 is 0 Å². The third kappa shape index (κ3) is 6.83. The highest BCUT2D eigenvalue weighted by atomic mass is 16.3. The van der Waals surface area contributed by atoms with Crippen LogP contribution >= 0.6 is 0 Å². The number of anilines is 1. The van der Waals surface area contributed by atoms with Gasteiger partial charge in [-0.1, -0.05) is 20.8 Å². The zero-order chi connectivity index (χ0) is 28.3. The average molecular weight is 510 g/mol. The van der Waals surface area contributed by atoms with Gasteiger partial charge in [0, 0.05) is 39.2 Å². The number of hydrogen-bond acceptors (Lipinski definition) is 9. The van der Waals surface area contributed by atoms with Gasteiger partial charge in [-0.15, -0.1) is 0 Å². The van der Waals surface area contributed by atoms with E-state index in [0.717, 1.165) is 12.8 Å². The maximum absolute atomic E-state index is 12.4. The van der Waals surface area contributed by atoms with Crippen LogP contribution in [0.5, 0.6) is 5.75 Å². The van der Waals surface area contributed by atoms with Gasteiger partial charge in [-0.05, 0) is 56.0 Å². The van der Waals surface area contributed by atoms with Crippen LogP contribution in [0.4, 0.5) is 5.69 Å². The monoisotopic (exact) mass is 509 g/mol. The number of nitrogens with zero attached hydrogens (tertiary/aromatic N) is 1. The Labute approximate surface area is 213 Å². The SMILES string of the molecule is CC.CC1C(O)C2C(O)=C(C(N)=O)C(=O)CC2[C@@H]1Cc1c(N(C)C)ccc(O)c1C=O.CNC.CO. The molecule has 4 unspecified atom stereocenters. The Balaban J connectivity index is 0.00000159. The Hall–Kier alpha value is -2.95. The lowest BCUT2D eigenvalue weighted by Crippen LogP contribution is -2.36. The number of phenolic OH excluding ortho intramolecular Hbond substituents is 1. The van der Waals surface area contributed by atoms with Crippen molar-refractivity contribution in [1.29, 1.82) is 0 Å². The topological polar surface area (TPSA) is 173 Å². The Bertz CT molecular complexity index is 930. The third-order valence-corrected chi connectivity index (χ3v) is 6.46. The number of aromatic hydroxyl groups is 1. The molecule has 10 nitrogen and oxygen atoms in total. The summed E-state index contributed by atoms with van der Waals surface area (Å²) >= 11 is 0. The van der Waals surface area contributed by atoms with E-state index in [0.29, 0.717) is 18.3 Å². The molecule has 1 saturated carbocycles. The molecule has 1 aromatic carbocycles. The summed E-state index contributed by atoms with van der Waals surface area (Å²) < 4.78 is 0. The molecule has 0 heterocycles. The predicted octanol–water partition coefficient (Wildman–Crippen LogP) is 1.41. The molecule has 10 heteroatoms. The molecule has 1 fully saturated rings. The van der Waals surface area contributed by atoms with Gasteiger partial charge in [-0.2, -0.15) is 0 Å². The van der Waals surface area contributed by atoms with Crippen molar-refractivity contribution in [3.05, 3.63) is 34.6 Å². The standard InChI is InChI=1S/C21H26N2O6.C2H7N.C2H6.CH4O/c1-9-10(6-11-13(8-24)15(25)5-4-14(11)23(2)3)12-7-16(26)18(21(22)29)20(28)17(12)19(9)27;1-3-2;2*1-2/h4-5,8-10,12,17,19,25,27-28H,6-7H2,1-3H3,(H2,22,29);3H,1-2H3;1-2H3;2H,1H3/t9?,10-,12?,17?,19?;;;/m1.../s1. The number of benzene rings is 1. The summed E-state index contributed by atoms with van der Waals surface area (Å²) in [5, 5.41) is 41.2. The van der Waals surface area contributed by atoms with Gasteiger partial charge in [-0.25, -0.2) is 0 Å². The lowest BCUT2D eigenvalue weighted by molar-refractivity contribution is -0.123. The van der Waals surface area contributed by atoms with E-state index in [1.165, 1.54) is 6.07 Å². The fourth-order valence-corrected chi connectivity index (χ4v) is 5.00. The van der Waals surface area contributed by atoms with Gasteiger partial charge in [0.15, 0.2) is 12.1 Å². The van der Waals surface area contributed by atoms with Crippen LogP contribution in [0.25, 0.3) is 0 Å². The minimum atomic E-state index is -1.000. The fourth-order valence-electron chi connectivity index (χ4n) is 5.00. The summed E-state index contributed by atoms with van der Waals surface area (Å²) in [6.07, 6.45) is -0.0694. The lowest BCUT2D eigenvalue weighted by Gasteiger charge is -2.31. The number of Topliss-reactive ketones (excluding diaryl/α,β-unsaturated/α-hetero) is 1. The van der Waals surface area contributed by atoms with E-state index in [4.69, 9.17) is 10.8 Å². The van der Waals surface area contributed by atoms with Crippen molar-refractivity contribution in [1.82, 2.24) is 5.32 Å². The summed E-state index contributed by atoms with van der Waals surface area (Å²) in [6, 6.07) is 3.16. The van der Waals surface area contributed by atoms with Crippen molar-refractivity contribution < 1.29 is 34.8 Å². The first-order valence-electron chi connectivity index (χ1n) is 12.0. The van der Waals surface area contributed by atoms with Crippen LogP contribution in [0.1, 0.15) is 43.1 Å². The van der Waals surface area contributed by atoms with Crippen LogP contribution in [0.2, 0.25) is 0 Å². The summed E-state index contributed by atoms with van der Waals surface area (Å²) in [5.74, 6) is -3.87. The van der Waals surface area contributed by atoms with E-state index in [1.807, 2.05) is 53.9 Å². The van der Waals surface area contributed by atoms with Crippen LogP contribution in [0.3, 0.4) is 0 Å². The predicted molar refractivity (Wildman–Crippen MR) is 140 cm³/mol. The molecule has 5 atom stereocenters. The molecule has 1 aromatic rings. The quantitative estimate of drug-likeness (QED) is 0.253. The minimum absolute atomic E-state index is 0.0222. The van der Waals surface area contributed by atoms with Crippen molar-refractivity contribution >= 4 is 23.7 Å². The number of nitrogens with two attached hydrogens (primary N) is 1. The molecule has 36 heavy (non-hydrogen) atoms. The minimum Gasteiger partial charge on any atom is -0.511 e. The van der Waals surface area contributed by atoms with E-state index in [1.54, 1.807) is 6.07 Å². The van der Waals surface area contributed by atoms with Crippen molar-refractivity contribution in [2.24, 2.45) is 29.4 Å². The average Bonchev–Trinajstić information content (AvgIpc) is 3.06. The highest BCUT2D eigenvalue weighted by Gasteiger charge is 2.54. The molecule has 0 spiro atoms. The molecule has 0 saturated heterocycles. The number of primary amides is 1. The van der Waals surface area contributed by atoms with Crippen molar-refractivity contribution in [2.45, 2.75) is 39.7 Å². The van der Waals surface area contributed by atoms with Gasteiger partial charge in [0.05, 0.1) is 11.7 Å². The first kappa shape index (κ1) is 33.0. The Kier molecular flexibility index (Phi) is 14.0. The molecule has 2 aliphatic rings. The number of carbonyl (C=O) groups excluding carboxylic acids is 3. The van der Waals surface area contributed by atoms with Crippen molar-refractivity contribution in [3.8, 4) is 5.75 Å². The van der Waals surface area contributed by atoms with Crippen molar-refractivity contribution in [2.75, 3.05) is 40.2 Å². The van der Waals surface area contributed by atoms with Crippen LogP contribution in [-0.4, -0.2) is 79.8 Å². The smallest absolute Gasteiger partial charge is 0.255 e. The molecule has 2 aliphatic carbocycles. The number of hydrogen-bond donors (Lipinski definition) is 6. The molecule has 0 aliphatic heterocycles. The van der Waals surface area contributed by atoms with E-state index >= 15 is 0 Å². The Morgan fingerprint density at radius 3 is 2.17 bits per heavy atom. The Morgan fingerprint density at radius 1 is 1.19 bits per heavy atom. The second-order valence-corrected chi connectivity index (χ2v) is 8.67. The molecular weight excluding hydrogens is 466 g/mol. The number of amides is 1. The lowest BCUT2D eigenvalue weighted by atomic mass is 9.74. The Morgan fingerprint density at radius 2 is 1.72 bits per heavy atom. The molecule has 0 bridgehead atoms. The zero-order valence-corrected chi connectivity index (χ0v) is 22.6. The molecule has 0 aromatic heterocycles. The first-order valence-corrected chi connectivity index (χ1v) is 12.0. The second kappa shape index (κ2) is 15.2. The summed E-state index contributed by atoms with van der Waals surface area (Å²) in [4.78, 5) is 37.5. The molecular formula is C26H43N3O7. The van der Waals surface area contributed by atoms with Gasteiger partial charge in [0.2, 0.25) is 0 Å². The molecule has 1 amide bonds. The van der Waals surface area contributed by atoms with Crippen LogP contribution in [-0.2, 0) is 16.0 Å². The zero-order valence-electron chi connectivity index (χ0n) is 22.6. The number of aliphatic hydroxyl groups is 3. The van der Waals surface area contributed by atoms with Crippen molar-refractivity contribution in [3.63, 3.8) is 0 Å². The molecule has 3 rings (SSSR count). The summed E-state index contributed by atoms with van der Waals surface area (Å²) in [6.45, 7) is 5.81. The van der Waals surface area contributed by atoms with E-state index in [9.17, 15) is 29.7 Å². The normalized spacial score (nSPS) is 24.2. The van der Waals surface area contributed by atoms with Gasteiger partial charge in [-0.3, -0.25) is 14.4 Å².